The van der Waals surface area contributed by atoms with Crippen LogP contribution in [0.1, 0.15) is 0 Å². The molecule has 0 heterocycles. The number of phenolic OH excluding ortho intramolecular Hbond substituents is 2. The van der Waals surface area contributed by atoms with E-state index in [1.165, 1.54) is 12.1 Å². The second kappa shape index (κ2) is 5.91. The smallest absolute Gasteiger partial charge is 0.135 e. The van der Waals surface area contributed by atoms with Crippen molar-refractivity contribution < 1.29 is 14.9 Å². The lowest BCUT2D eigenvalue weighted by atomic mass is 10.3. The van der Waals surface area contributed by atoms with Gasteiger partial charge in [-0.2, -0.15) is 0 Å². The van der Waals surface area contributed by atoms with Gasteiger partial charge in [-0.15, -0.1) is 0 Å². The molecule has 2 N–H and O–H groups in total. The molecular weight excluding hydrogens is 215 g/mol. The van der Waals surface area contributed by atoms with Crippen molar-refractivity contribution in [1.82, 2.24) is 0 Å². The van der Waals surface area contributed by atoms with E-state index >= 15 is 0 Å². The summed E-state index contributed by atoms with van der Waals surface area (Å²) in [7, 11) is 3.25. The van der Waals surface area contributed by atoms with Crippen LogP contribution in [0, 0.1) is 0 Å². The van der Waals surface area contributed by atoms with Crippen LogP contribution in [0.25, 0.3) is 0 Å². The zero-order valence-corrected chi connectivity index (χ0v) is 8.73. The number of aromatic hydroxyl groups is 2. The molecule has 0 saturated carbocycles. The first-order valence-corrected chi connectivity index (χ1v) is 4.05. The van der Waals surface area contributed by atoms with E-state index in [2.05, 4.69) is 4.74 Å². The number of hydrogen-bond acceptors (Lipinski definition) is 3. The van der Waals surface area contributed by atoms with E-state index in [0.29, 0.717) is 0 Å². The number of benzene rings is 1. The summed E-state index contributed by atoms with van der Waals surface area (Å²) < 4.78 is 4.25. The number of hydrogen-bond donors (Lipinski definition) is 2. The van der Waals surface area contributed by atoms with Crippen molar-refractivity contribution in [1.29, 1.82) is 0 Å². The number of methoxy groups -OCH3 is 1. The lowest BCUT2D eigenvalue weighted by Gasteiger charge is -1.98. The second-order valence-corrected chi connectivity index (χ2v) is 2.98. The number of ether oxygens (including phenoxy) is 1. The SMILES string of the molecule is COC.Oc1cc(Cl)c(O)cc1Cl. The molecule has 0 bridgehead atoms. The topological polar surface area (TPSA) is 49.7 Å². The molecule has 0 radical (unpaired) electrons. The van der Waals surface area contributed by atoms with Crippen molar-refractivity contribution in [2.75, 3.05) is 14.2 Å². The Morgan fingerprint density at radius 1 is 1.00 bits per heavy atom. The summed E-state index contributed by atoms with van der Waals surface area (Å²) in [4.78, 5) is 0. The van der Waals surface area contributed by atoms with Crippen LogP contribution in [0.15, 0.2) is 12.1 Å². The molecule has 0 spiro atoms. The molecule has 13 heavy (non-hydrogen) atoms. The minimum atomic E-state index is -0.135. The summed E-state index contributed by atoms with van der Waals surface area (Å²) in [5.74, 6) is -0.270. The van der Waals surface area contributed by atoms with Crippen molar-refractivity contribution in [2.45, 2.75) is 0 Å². The highest BCUT2D eigenvalue weighted by Crippen LogP contribution is 2.33. The largest absolute Gasteiger partial charge is 0.506 e. The zero-order valence-electron chi connectivity index (χ0n) is 7.21. The van der Waals surface area contributed by atoms with Crippen LogP contribution in [-0.2, 0) is 4.74 Å². The summed E-state index contributed by atoms with van der Waals surface area (Å²) in [5, 5.41) is 18.0. The average Bonchev–Trinajstić information content (AvgIpc) is 2.03. The fourth-order valence-electron chi connectivity index (χ4n) is 0.526. The summed E-state index contributed by atoms with van der Waals surface area (Å²) in [5.41, 5.74) is 0. The maximum Gasteiger partial charge on any atom is 0.135 e. The minimum absolute atomic E-state index is 0.0851. The quantitative estimate of drug-likeness (QED) is 0.667. The van der Waals surface area contributed by atoms with Crippen LogP contribution >= 0.6 is 23.2 Å². The third kappa shape index (κ3) is 4.22. The molecule has 0 fully saturated rings. The maximum absolute atomic E-state index is 8.90. The normalized spacial score (nSPS) is 8.92. The molecule has 0 aliphatic rings. The first-order chi connectivity index (χ1) is 6.02. The van der Waals surface area contributed by atoms with E-state index < -0.39 is 0 Å². The van der Waals surface area contributed by atoms with Crippen LogP contribution in [0.2, 0.25) is 10.0 Å². The van der Waals surface area contributed by atoms with Crippen LogP contribution in [0.4, 0.5) is 0 Å². The van der Waals surface area contributed by atoms with Crippen LogP contribution < -0.4 is 0 Å². The van der Waals surface area contributed by atoms with Crippen molar-refractivity contribution in [3.63, 3.8) is 0 Å². The predicted molar refractivity (Wildman–Crippen MR) is 52.7 cm³/mol. The van der Waals surface area contributed by atoms with Gasteiger partial charge in [0.05, 0.1) is 10.0 Å². The van der Waals surface area contributed by atoms with E-state index in [0.717, 1.165) is 0 Å². The lowest BCUT2D eigenvalue weighted by Crippen LogP contribution is -1.70. The molecule has 0 amide bonds. The van der Waals surface area contributed by atoms with Gasteiger partial charge in [0, 0.05) is 26.4 Å². The van der Waals surface area contributed by atoms with E-state index in [-0.39, 0.29) is 21.5 Å². The van der Waals surface area contributed by atoms with Gasteiger partial charge in [0.1, 0.15) is 11.5 Å². The van der Waals surface area contributed by atoms with Crippen LogP contribution in [0.3, 0.4) is 0 Å². The Hall–Kier alpha value is -0.640. The van der Waals surface area contributed by atoms with Crippen molar-refractivity contribution in [2.24, 2.45) is 0 Å². The highest BCUT2D eigenvalue weighted by atomic mass is 35.5. The summed E-state index contributed by atoms with van der Waals surface area (Å²) in [6.45, 7) is 0. The average molecular weight is 225 g/mol. The molecule has 0 aliphatic carbocycles. The van der Waals surface area contributed by atoms with E-state index in [9.17, 15) is 0 Å². The molecule has 5 heteroatoms. The highest BCUT2D eigenvalue weighted by molar-refractivity contribution is 6.35. The van der Waals surface area contributed by atoms with E-state index in [4.69, 9.17) is 33.4 Å². The Morgan fingerprint density at radius 3 is 1.46 bits per heavy atom. The third-order valence-corrected chi connectivity index (χ3v) is 1.62. The first kappa shape index (κ1) is 12.4. The van der Waals surface area contributed by atoms with Crippen LogP contribution in [-0.4, -0.2) is 24.4 Å². The summed E-state index contributed by atoms with van der Waals surface area (Å²) in [6.07, 6.45) is 0. The van der Waals surface area contributed by atoms with Crippen molar-refractivity contribution in [3.05, 3.63) is 22.2 Å². The fourth-order valence-corrected chi connectivity index (χ4v) is 0.842. The number of phenols is 2. The van der Waals surface area contributed by atoms with Crippen molar-refractivity contribution >= 4 is 23.2 Å². The standard InChI is InChI=1S/C6H4Cl2O2.C2H6O/c7-3-1-5(9)4(8)2-6(3)10;1-3-2/h1-2,9-10H;1-2H3. The molecule has 74 valence electrons. The number of halogens is 2. The van der Waals surface area contributed by atoms with Gasteiger partial charge in [0.2, 0.25) is 0 Å². The van der Waals surface area contributed by atoms with E-state index in [1.807, 2.05) is 0 Å². The Morgan fingerprint density at radius 2 is 1.23 bits per heavy atom. The second-order valence-electron chi connectivity index (χ2n) is 2.16. The van der Waals surface area contributed by atoms with Crippen LogP contribution in [0.5, 0.6) is 11.5 Å². The van der Waals surface area contributed by atoms with Gasteiger partial charge in [0.25, 0.3) is 0 Å². The Kier molecular flexibility index (Phi) is 5.62. The van der Waals surface area contributed by atoms with Gasteiger partial charge in [-0.3, -0.25) is 0 Å². The molecule has 1 aromatic carbocycles. The summed E-state index contributed by atoms with van der Waals surface area (Å²) >= 11 is 10.8. The monoisotopic (exact) mass is 224 g/mol. The molecule has 1 rings (SSSR count). The van der Waals surface area contributed by atoms with Gasteiger partial charge < -0.3 is 14.9 Å². The van der Waals surface area contributed by atoms with Gasteiger partial charge in [-0.05, 0) is 0 Å². The maximum atomic E-state index is 8.90. The summed E-state index contributed by atoms with van der Waals surface area (Å²) in [6, 6.07) is 2.36. The fraction of sp³-hybridized carbons (Fsp3) is 0.250. The first-order valence-electron chi connectivity index (χ1n) is 3.30. The molecule has 1 aromatic rings. The Balaban J connectivity index is 0.000000424. The molecule has 0 atom stereocenters. The Labute approximate surface area is 86.5 Å². The molecule has 0 unspecified atom stereocenters. The van der Waals surface area contributed by atoms with Crippen molar-refractivity contribution in [3.8, 4) is 11.5 Å². The zero-order chi connectivity index (χ0) is 10.4. The molecular formula is C8H10Cl2O3. The number of rotatable bonds is 0. The predicted octanol–water partition coefficient (Wildman–Crippen LogP) is 2.67. The minimum Gasteiger partial charge on any atom is -0.506 e. The van der Waals surface area contributed by atoms with Gasteiger partial charge in [-0.25, -0.2) is 0 Å². The molecule has 0 saturated heterocycles. The lowest BCUT2D eigenvalue weighted by molar-refractivity contribution is 0.277. The van der Waals surface area contributed by atoms with Gasteiger partial charge >= 0.3 is 0 Å². The van der Waals surface area contributed by atoms with E-state index in [1.54, 1.807) is 14.2 Å². The van der Waals surface area contributed by atoms with Gasteiger partial charge in [0.15, 0.2) is 0 Å². The Bertz CT molecular complexity index is 226. The van der Waals surface area contributed by atoms with Gasteiger partial charge in [-0.1, -0.05) is 23.2 Å². The molecule has 0 aromatic heterocycles. The third-order valence-electron chi connectivity index (χ3n) is 1.02. The highest BCUT2D eigenvalue weighted by Gasteiger charge is 2.03. The molecule has 3 nitrogen and oxygen atoms in total. The molecule has 0 aliphatic heterocycles.